The van der Waals surface area contributed by atoms with E-state index in [1.54, 1.807) is 0 Å². The second-order valence-electron chi connectivity index (χ2n) is 5.01. The van der Waals surface area contributed by atoms with Gasteiger partial charge in [0.25, 0.3) is 0 Å². The highest BCUT2D eigenvalue weighted by atomic mass is 35.5. The van der Waals surface area contributed by atoms with Gasteiger partial charge in [-0.05, 0) is 43.5 Å². The quantitative estimate of drug-likeness (QED) is 0.726. The molecule has 0 fully saturated rings. The van der Waals surface area contributed by atoms with Crippen molar-refractivity contribution in [2.24, 2.45) is 0 Å². The van der Waals surface area contributed by atoms with Crippen molar-refractivity contribution in [1.29, 1.82) is 0 Å². The number of hydrogen-bond acceptors (Lipinski definition) is 2. The van der Waals surface area contributed by atoms with Crippen molar-refractivity contribution in [1.82, 2.24) is 5.32 Å². The van der Waals surface area contributed by atoms with Gasteiger partial charge in [-0.3, -0.25) is 0 Å². The van der Waals surface area contributed by atoms with Crippen LogP contribution in [0.4, 0.5) is 13.2 Å². The van der Waals surface area contributed by atoms with Crippen LogP contribution in [0, 0.1) is 6.92 Å². The summed E-state index contributed by atoms with van der Waals surface area (Å²) in [5, 5.41) is 3.94. The maximum Gasteiger partial charge on any atom is 0.411 e. The fraction of sp³-hybridized carbons (Fsp3) is 0.600. The first kappa shape index (κ1) is 18.3. The van der Waals surface area contributed by atoms with E-state index in [1.807, 2.05) is 32.0 Å². The van der Waals surface area contributed by atoms with Crippen LogP contribution < -0.4 is 5.32 Å². The third-order valence-corrected chi connectivity index (χ3v) is 3.40. The van der Waals surface area contributed by atoms with Crippen LogP contribution in [0.15, 0.2) is 18.2 Å². The monoisotopic (exact) mass is 323 g/mol. The van der Waals surface area contributed by atoms with E-state index in [1.165, 1.54) is 0 Å². The highest BCUT2D eigenvalue weighted by Gasteiger charge is 2.27. The number of ether oxygens (including phenoxy) is 1. The summed E-state index contributed by atoms with van der Waals surface area (Å²) in [5.74, 6) is 0. The molecule has 0 saturated carbocycles. The lowest BCUT2D eigenvalue weighted by atomic mass is 10.0. The van der Waals surface area contributed by atoms with E-state index in [4.69, 9.17) is 11.6 Å². The van der Waals surface area contributed by atoms with E-state index in [2.05, 4.69) is 10.1 Å². The third-order valence-electron chi connectivity index (χ3n) is 3.04. The van der Waals surface area contributed by atoms with Crippen LogP contribution in [-0.4, -0.2) is 32.0 Å². The first-order valence-corrected chi connectivity index (χ1v) is 7.32. The molecule has 0 heterocycles. The topological polar surface area (TPSA) is 21.3 Å². The Bertz CT molecular complexity index is 437. The first-order chi connectivity index (χ1) is 9.81. The van der Waals surface area contributed by atoms with Gasteiger partial charge in [-0.2, -0.15) is 13.2 Å². The number of nitrogens with one attached hydrogen (secondary N) is 1. The van der Waals surface area contributed by atoms with Crippen LogP contribution in [0.25, 0.3) is 0 Å². The molecule has 0 saturated heterocycles. The summed E-state index contributed by atoms with van der Waals surface area (Å²) in [7, 11) is 0. The molecular weight excluding hydrogens is 303 g/mol. The average Bonchev–Trinajstić information content (AvgIpc) is 2.36. The Hall–Kier alpha value is -0.780. The lowest BCUT2D eigenvalue weighted by Gasteiger charge is -2.19. The van der Waals surface area contributed by atoms with Crippen LogP contribution in [-0.2, 0) is 11.2 Å². The van der Waals surface area contributed by atoms with Gasteiger partial charge in [-0.15, -0.1) is 0 Å². The highest BCUT2D eigenvalue weighted by molar-refractivity contribution is 6.31. The fourth-order valence-corrected chi connectivity index (χ4v) is 2.37. The number of hydrogen-bond donors (Lipinski definition) is 1. The van der Waals surface area contributed by atoms with E-state index in [0.29, 0.717) is 17.9 Å². The van der Waals surface area contributed by atoms with Crippen molar-refractivity contribution >= 4 is 11.6 Å². The first-order valence-electron chi connectivity index (χ1n) is 6.94. The van der Waals surface area contributed by atoms with E-state index in [-0.39, 0.29) is 12.6 Å². The minimum atomic E-state index is -4.27. The molecular formula is C15H21ClF3NO. The minimum absolute atomic E-state index is 0.0449. The third kappa shape index (κ3) is 7.69. The molecule has 1 aromatic rings. The molecule has 6 heteroatoms. The van der Waals surface area contributed by atoms with Gasteiger partial charge in [0.1, 0.15) is 6.61 Å². The summed E-state index contributed by atoms with van der Waals surface area (Å²) >= 11 is 6.19. The van der Waals surface area contributed by atoms with Gasteiger partial charge in [0, 0.05) is 17.7 Å². The Morgan fingerprint density at radius 1 is 1.33 bits per heavy atom. The zero-order chi connectivity index (χ0) is 15.9. The van der Waals surface area contributed by atoms with Gasteiger partial charge in [0.05, 0.1) is 0 Å². The molecule has 120 valence electrons. The second-order valence-corrected chi connectivity index (χ2v) is 5.42. The molecule has 21 heavy (non-hydrogen) atoms. The van der Waals surface area contributed by atoms with E-state index in [0.717, 1.165) is 17.7 Å². The van der Waals surface area contributed by atoms with Crippen LogP contribution in [0.3, 0.4) is 0 Å². The van der Waals surface area contributed by atoms with Crippen molar-refractivity contribution in [3.63, 3.8) is 0 Å². The molecule has 1 aromatic carbocycles. The second kappa shape index (κ2) is 8.61. The molecule has 0 spiro atoms. The van der Waals surface area contributed by atoms with Gasteiger partial charge in [0.2, 0.25) is 0 Å². The standard InChI is InChI=1S/C15H21ClF3NO/c1-3-20-13(6-7-21-10-15(17,18)19)9-12-5-4-11(2)8-14(12)16/h4-5,8,13,20H,3,6-7,9-10H2,1-2H3. The van der Waals surface area contributed by atoms with Crippen LogP contribution >= 0.6 is 11.6 Å². The maximum atomic E-state index is 12.0. The number of aryl methyl sites for hydroxylation is 1. The molecule has 1 N–H and O–H groups in total. The molecule has 0 aromatic heterocycles. The summed E-state index contributed by atoms with van der Waals surface area (Å²) in [6.07, 6.45) is -3.09. The Morgan fingerprint density at radius 3 is 2.62 bits per heavy atom. The fourth-order valence-electron chi connectivity index (χ4n) is 2.06. The molecule has 0 aliphatic carbocycles. The predicted octanol–water partition coefficient (Wildman–Crippen LogP) is 4.14. The van der Waals surface area contributed by atoms with Crippen molar-refractivity contribution in [3.05, 3.63) is 34.3 Å². The summed E-state index contributed by atoms with van der Waals surface area (Å²) in [4.78, 5) is 0. The van der Waals surface area contributed by atoms with Gasteiger partial charge in [-0.25, -0.2) is 0 Å². The lowest BCUT2D eigenvalue weighted by Crippen LogP contribution is -2.32. The van der Waals surface area contributed by atoms with E-state index >= 15 is 0 Å². The predicted molar refractivity (Wildman–Crippen MR) is 78.8 cm³/mol. The smallest absolute Gasteiger partial charge is 0.372 e. The van der Waals surface area contributed by atoms with Gasteiger partial charge >= 0.3 is 6.18 Å². The summed E-state index contributed by atoms with van der Waals surface area (Å²) in [5.41, 5.74) is 2.07. The van der Waals surface area contributed by atoms with Gasteiger partial charge < -0.3 is 10.1 Å². The zero-order valence-electron chi connectivity index (χ0n) is 12.3. The Kier molecular flexibility index (Phi) is 7.49. The molecule has 0 aliphatic heterocycles. The van der Waals surface area contributed by atoms with Crippen molar-refractivity contribution in [3.8, 4) is 0 Å². The maximum absolute atomic E-state index is 12.0. The molecule has 0 amide bonds. The van der Waals surface area contributed by atoms with Crippen LogP contribution in [0.5, 0.6) is 0 Å². The Labute approximate surface area is 128 Å². The Morgan fingerprint density at radius 2 is 2.05 bits per heavy atom. The zero-order valence-corrected chi connectivity index (χ0v) is 13.0. The van der Waals surface area contributed by atoms with Crippen molar-refractivity contribution in [2.45, 2.75) is 38.9 Å². The van der Waals surface area contributed by atoms with E-state index < -0.39 is 12.8 Å². The minimum Gasteiger partial charge on any atom is -0.372 e. The lowest BCUT2D eigenvalue weighted by molar-refractivity contribution is -0.174. The van der Waals surface area contributed by atoms with E-state index in [9.17, 15) is 13.2 Å². The molecule has 1 unspecified atom stereocenters. The summed E-state index contributed by atoms with van der Waals surface area (Å²) in [6.45, 7) is 3.54. The molecule has 0 aliphatic rings. The Balaban J connectivity index is 2.49. The van der Waals surface area contributed by atoms with Crippen LogP contribution in [0.2, 0.25) is 5.02 Å². The van der Waals surface area contributed by atoms with Crippen LogP contribution in [0.1, 0.15) is 24.5 Å². The number of likely N-dealkylation sites (N-methyl/N-ethyl adjacent to an activating group) is 1. The average molecular weight is 324 g/mol. The number of rotatable bonds is 8. The summed E-state index contributed by atoms with van der Waals surface area (Å²) in [6, 6.07) is 5.87. The van der Waals surface area contributed by atoms with Crippen molar-refractivity contribution in [2.75, 3.05) is 19.8 Å². The number of benzene rings is 1. The summed E-state index contributed by atoms with van der Waals surface area (Å²) < 4.78 is 40.7. The van der Waals surface area contributed by atoms with Gasteiger partial charge in [0.15, 0.2) is 0 Å². The molecule has 1 atom stereocenters. The number of halogens is 4. The largest absolute Gasteiger partial charge is 0.411 e. The van der Waals surface area contributed by atoms with Crippen molar-refractivity contribution < 1.29 is 17.9 Å². The molecule has 0 radical (unpaired) electrons. The van der Waals surface area contributed by atoms with Gasteiger partial charge in [-0.1, -0.05) is 30.7 Å². The molecule has 2 nitrogen and oxygen atoms in total. The normalized spacial score (nSPS) is 13.4. The SMILES string of the molecule is CCNC(CCOCC(F)(F)F)Cc1ccc(C)cc1Cl. The molecule has 1 rings (SSSR count). The molecule has 0 bridgehead atoms. The number of alkyl halides is 3. The highest BCUT2D eigenvalue weighted by Crippen LogP contribution is 2.20.